The van der Waals surface area contributed by atoms with Crippen LogP contribution in [-0.4, -0.2) is 19.1 Å². The maximum absolute atomic E-state index is 3.49. The minimum absolute atomic E-state index is 0.655. The highest BCUT2D eigenvalue weighted by Gasteiger charge is 2.19. The molecule has 2 rings (SSSR count). The van der Waals surface area contributed by atoms with Gasteiger partial charge in [-0.2, -0.15) is 0 Å². The summed E-state index contributed by atoms with van der Waals surface area (Å²) in [6.07, 6.45) is 6.27. The van der Waals surface area contributed by atoms with E-state index in [9.17, 15) is 0 Å². The Bertz CT molecular complexity index is 151. The zero-order valence-corrected chi connectivity index (χ0v) is 6.19. The lowest BCUT2D eigenvalue weighted by atomic mass is 9.98. The van der Waals surface area contributed by atoms with Gasteiger partial charge in [0.15, 0.2) is 0 Å². The van der Waals surface area contributed by atoms with Crippen molar-refractivity contribution in [1.82, 2.24) is 10.6 Å². The fourth-order valence-corrected chi connectivity index (χ4v) is 1.74. The zero-order chi connectivity index (χ0) is 6.81. The van der Waals surface area contributed by atoms with Crippen molar-refractivity contribution in [2.45, 2.75) is 25.3 Å². The van der Waals surface area contributed by atoms with Crippen LogP contribution in [0.5, 0.6) is 0 Å². The van der Waals surface area contributed by atoms with Gasteiger partial charge in [0.2, 0.25) is 0 Å². The van der Waals surface area contributed by atoms with E-state index in [1.807, 2.05) is 0 Å². The molecule has 0 aromatic heterocycles. The van der Waals surface area contributed by atoms with E-state index in [0.717, 1.165) is 13.1 Å². The number of hydrogen-bond acceptors (Lipinski definition) is 2. The maximum atomic E-state index is 3.49. The molecule has 0 bridgehead atoms. The summed E-state index contributed by atoms with van der Waals surface area (Å²) < 4.78 is 0. The van der Waals surface area contributed by atoms with Gasteiger partial charge in [-0.15, -0.1) is 0 Å². The van der Waals surface area contributed by atoms with Crippen LogP contribution < -0.4 is 10.6 Å². The van der Waals surface area contributed by atoms with Crippen LogP contribution >= 0.6 is 0 Å². The minimum Gasteiger partial charge on any atom is -0.386 e. The molecule has 10 heavy (non-hydrogen) atoms. The maximum Gasteiger partial charge on any atom is 0.0466 e. The first-order valence-corrected chi connectivity index (χ1v) is 4.14. The van der Waals surface area contributed by atoms with Gasteiger partial charge in [0.25, 0.3) is 0 Å². The van der Waals surface area contributed by atoms with E-state index in [-0.39, 0.29) is 0 Å². The van der Waals surface area contributed by atoms with Gasteiger partial charge in [-0.3, -0.25) is 0 Å². The molecule has 2 N–H and O–H groups in total. The molecule has 0 spiro atoms. The van der Waals surface area contributed by atoms with E-state index in [0.29, 0.717) is 6.04 Å². The Kier molecular flexibility index (Phi) is 1.63. The summed E-state index contributed by atoms with van der Waals surface area (Å²) in [6, 6.07) is 0.655. The zero-order valence-electron chi connectivity index (χ0n) is 6.19. The van der Waals surface area contributed by atoms with Crippen LogP contribution in [0.2, 0.25) is 0 Å². The van der Waals surface area contributed by atoms with Crippen molar-refractivity contribution in [2.24, 2.45) is 0 Å². The third-order valence-corrected chi connectivity index (χ3v) is 2.28. The molecule has 0 amide bonds. The second kappa shape index (κ2) is 2.62. The first kappa shape index (κ1) is 6.23. The molecule has 0 unspecified atom stereocenters. The van der Waals surface area contributed by atoms with Crippen molar-refractivity contribution in [3.05, 3.63) is 11.8 Å². The smallest absolute Gasteiger partial charge is 0.0466 e. The summed E-state index contributed by atoms with van der Waals surface area (Å²) in [7, 11) is 0. The van der Waals surface area contributed by atoms with Crippen molar-refractivity contribution in [1.29, 1.82) is 0 Å². The van der Waals surface area contributed by atoms with Gasteiger partial charge in [-0.05, 0) is 19.3 Å². The summed E-state index contributed by atoms with van der Waals surface area (Å²) >= 11 is 0. The van der Waals surface area contributed by atoms with Crippen molar-refractivity contribution in [3.8, 4) is 0 Å². The number of piperazine rings is 1. The van der Waals surface area contributed by atoms with Gasteiger partial charge >= 0.3 is 0 Å². The first-order chi connectivity index (χ1) is 4.97. The van der Waals surface area contributed by atoms with Crippen molar-refractivity contribution < 1.29 is 0 Å². The Balaban J connectivity index is 2.08. The van der Waals surface area contributed by atoms with Crippen LogP contribution in [-0.2, 0) is 0 Å². The number of hydrogen-bond donors (Lipinski definition) is 2. The van der Waals surface area contributed by atoms with Gasteiger partial charge in [0.05, 0.1) is 0 Å². The molecule has 2 heteroatoms. The summed E-state index contributed by atoms with van der Waals surface area (Å²) in [5.74, 6) is 0. The molecule has 1 aliphatic carbocycles. The highest BCUT2D eigenvalue weighted by atomic mass is 15.1. The molecule has 0 aromatic rings. The third-order valence-electron chi connectivity index (χ3n) is 2.28. The molecule has 1 saturated heterocycles. The Morgan fingerprint density at radius 1 is 1.40 bits per heavy atom. The first-order valence-electron chi connectivity index (χ1n) is 4.14. The largest absolute Gasteiger partial charge is 0.386 e. The summed E-state index contributed by atoms with van der Waals surface area (Å²) in [4.78, 5) is 0. The van der Waals surface area contributed by atoms with Gasteiger partial charge in [0.1, 0.15) is 0 Å². The molecule has 56 valence electrons. The van der Waals surface area contributed by atoms with Gasteiger partial charge in [0, 0.05) is 24.8 Å². The normalized spacial score (nSPS) is 32.0. The van der Waals surface area contributed by atoms with E-state index in [1.54, 1.807) is 0 Å². The average molecular weight is 138 g/mol. The van der Waals surface area contributed by atoms with E-state index in [1.165, 1.54) is 25.0 Å². The standard InChI is InChI=1S/C8H14N2/c1-2-4-8-7(3-1)9-5-6-10-8/h3,8-10H,1-2,4-6H2/t8-/m0/s1. The fourth-order valence-electron chi connectivity index (χ4n) is 1.74. The lowest BCUT2D eigenvalue weighted by molar-refractivity contribution is 0.431. The van der Waals surface area contributed by atoms with Crippen LogP contribution in [0, 0.1) is 0 Å². The molecule has 0 aromatic carbocycles. The Labute approximate surface area is 61.7 Å². The lowest BCUT2D eigenvalue weighted by Gasteiger charge is -2.30. The van der Waals surface area contributed by atoms with Crippen LogP contribution in [0.25, 0.3) is 0 Å². The Hall–Kier alpha value is -0.500. The predicted molar refractivity (Wildman–Crippen MR) is 41.7 cm³/mol. The van der Waals surface area contributed by atoms with Gasteiger partial charge in [-0.25, -0.2) is 0 Å². The molecule has 1 atom stereocenters. The number of allylic oxidation sites excluding steroid dienone is 1. The van der Waals surface area contributed by atoms with Gasteiger partial charge < -0.3 is 10.6 Å². The molecule has 2 nitrogen and oxygen atoms in total. The second-order valence-electron chi connectivity index (χ2n) is 3.02. The average Bonchev–Trinajstić information content (AvgIpc) is 2.05. The van der Waals surface area contributed by atoms with Gasteiger partial charge in [-0.1, -0.05) is 6.08 Å². The van der Waals surface area contributed by atoms with Crippen molar-refractivity contribution in [3.63, 3.8) is 0 Å². The molecule has 1 fully saturated rings. The topological polar surface area (TPSA) is 24.1 Å². The minimum atomic E-state index is 0.655. The summed E-state index contributed by atoms with van der Waals surface area (Å²) in [6.45, 7) is 2.23. The van der Waals surface area contributed by atoms with Crippen LogP contribution in [0.15, 0.2) is 11.8 Å². The molecular formula is C8H14N2. The van der Waals surface area contributed by atoms with Crippen LogP contribution in [0.4, 0.5) is 0 Å². The van der Waals surface area contributed by atoms with Crippen molar-refractivity contribution >= 4 is 0 Å². The summed E-state index contributed by atoms with van der Waals surface area (Å²) in [5, 5.41) is 6.91. The number of nitrogens with one attached hydrogen (secondary N) is 2. The molecule has 2 aliphatic rings. The molecule has 0 radical (unpaired) electrons. The molecule has 0 saturated carbocycles. The Morgan fingerprint density at radius 3 is 3.30 bits per heavy atom. The lowest BCUT2D eigenvalue weighted by Crippen LogP contribution is -2.47. The molecule has 1 heterocycles. The van der Waals surface area contributed by atoms with E-state index >= 15 is 0 Å². The Morgan fingerprint density at radius 2 is 2.40 bits per heavy atom. The predicted octanol–water partition coefficient (Wildman–Crippen LogP) is 0.616. The fraction of sp³-hybridized carbons (Fsp3) is 0.750. The van der Waals surface area contributed by atoms with Crippen LogP contribution in [0.3, 0.4) is 0 Å². The SMILES string of the molecule is C1=C2NCCN[C@H]2CCC1. The van der Waals surface area contributed by atoms with Crippen molar-refractivity contribution in [2.75, 3.05) is 13.1 Å². The van der Waals surface area contributed by atoms with E-state index in [2.05, 4.69) is 16.7 Å². The van der Waals surface area contributed by atoms with Crippen LogP contribution in [0.1, 0.15) is 19.3 Å². The second-order valence-corrected chi connectivity index (χ2v) is 3.02. The summed E-state index contributed by atoms with van der Waals surface area (Å²) in [5.41, 5.74) is 1.44. The van der Waals surface area contributed by atoms with E-state index in [4.69, 9.17) is 0 Å². The molecular weight excluding hydrogens is 124 g/mol. The third kappa shape index (κ3) is 1.03. The highest BCUT2D eigenvalue weighted by molar-refractivity contribution is 5.13. The number of fused-ring (bicyclic) bond motifs is 1. The monoisotopic (exact) mass is 138 g/mol. The molecule has 1 aliphatic heterocycles. The van der Waals surface area contributed by atoms with E-state index < -0.39 is 0 Å². The highest BCUT2D eigenvalue weighted by Crippen LogP contribution is 2.17. The number of rotatable bonds is 0. The quantitative estimate of drug-likeness (QED) is 0.512.